The fraction of sp³-hybridized carbons (Fsp3) is 0.263. The van der Waals surface area contributed by atoms with Gasteiger partial charge in [-0.3, -0.25) is 14.6 Å². The summed E-state index contributed by atoms with van der Waals surface area (Å²) in [5, 5.41) is 8.87. The van der Waals surface area contributed by atoms with Crippen LogP contribution in [0.1, 0.15) is 57.8 Å². The van der Waals surface area contributed by atoms with E-state index in [1.54, 1.807) is 26.0 Å². The van der Waals surface area contributed by atoms with Gasteiger partial charge < -0.3 is 9.88 Å². The number of benzene rings is 1. The van der Waals surface area contributed by atoms with Gasteiger partial charge in [0.15, 0.2) is 11.6 Å². The van der Waals surface area contributed by atoms with Crippen molar-refractivity contribution in [2.24, 2.45) is 0 Å². The number of aromatic amines is 2. The first-order chi connectivity index (χ1) is 12.8. The van der Waals surface area contributed by atoms with E-state index in [9.17, 15) is 14.4 Å². The Morgan fingerprint density at radius 2 is 1.85 bits per heavy atom. The van der Waals surface area contributed by atoms with Crippen LogP contribution in [0.15, 0.2) is 35.1 Å². The van der Waals surface area contributed by atoms with Crippen LogP contribution in [0.3, 0.4) is 0 Å². The molecule has 0 saturated carbocycles. The van der Waals surface area contributed by atoms with Crippen LogP contribution in [-0.4, -0.2) is 31.4 Å². The first-order valence-electron chi connectivity index (χ1n) is 8.53. The molecule has 8 nitrogen and oxygen atoms in total. The third kappa shape index (κ3) is 3.59. The maximum atomic E-state index is 12.4. The number of rotatable bonds is 5. The van der Waals surface area contributed by atoms with Crippen molar-refractivity contribution in [2.45, 2.75) is 33.7 Å². The lowest BCUT2D eigenvalue weighted by molar-refractivity contribution is 0.0937. The molecule has 8 heteroatoms. The molecule has 1 aromatic carbocycles. The van der Waals surface area contributed by atoms with Crippen molar-refractivity contribution in [3.63, 3.8) is 0 Å². The molecule has 0 aliphatic rings. The molecule has 3 rings (SSSR count). The number of Topliss-reactive ketones (excluding diaryl/α,β-unsaturated/α-hetero) is 1. The van der Waals surface area contributed by atoms with Crippen molar-refractivity contribution in [1.82, 2.24) is 25.1 Å². The van der Waals surface area contributed by atoms with E-state index in [2.05, 4.69) is 20.5 Å². The molecule has 1 amide bonds. The summed E-state index contributed by atoms with van der Waals surface area (Å²) in [5.41, 5.74) is 3.45. The van der Waals surface area contributed by atoms with E-state index in [1.165, 1.54) is 0 Å². The first kappa shape index (κ1) is 18.4. The van der Waals surface area contributed by atoms with Crippen LogP contribution >= 0.6 is 0 Å². The summed E-state index contributed by atoms with van der Waals surface area (Å²) in [5.74, 6) is 0.111. The summed E-state index contributed by atoms with van der Waals surface area (Å²) in [4.78, 5) is 37.8. The summed E-state index contributed by atoms with van der Waals surface area (Å²) in [6.45, 7) is 7.12. The minimum Gasteiger partial charge on any atom is -0.342 e. The Morgan fingerprint density at radius 1 is 1.19 bits per heavy atom. The maximum absolute atomic E-state index is 12.4. The third-order valence-electron chi connectivity index (χ3n) is 4.48. The van der Waals surface area contributed by atoms with Gasteiger partial charge in [0.05, 0.1) is 6.04 Å². The second kappa shape index (κ2) is 7.06. The molecule has 27 heavy (non-hydrogen) atoms. The number of amides is 1. The van der Waals surface area contributed by atoms with Gasteiger partial charge in [-0.05, 0) is 58.0 Å². The van der Waals surface area contributed by atoms with Gasteiger partial charge in [0.2, 0.25) is 0 Å². The van der Waals surface area contributed by atoms with Gasteiger partial charge in [-0.2, -0.15) is 5.10 Å². The number of ketones is 1. The molecule has 0 aliphatic heterocycles. The Labute approximate surface area is 155 Å². The highest BCUT2D eigenvalue weighted by Crippen LogP contribution is 2.21. The second-order valence-corrected chi connectivity index (χ2v) is 6.48. The molecule has 2 heterocycles. The van der Waals surface area contributed by atoms with Crippen molar-refractivity contribution in [2.75, 3.05) is 0 Å². The predicted octanol–water partition coefficient (Wildman–Crippen LogP) is 2.20. The van der Waals surface area contributed by atoms with Crippen molar-refractivity contribution in [3.8, 4) is 5.69 Å². The van der Waals surface area contributed by atoms with Gasteiger partial charge in [-0.1, -0.05) is 0 Å². The Kier molecular flexibility index (Phi) is 4.81. The number of nitrogens with one attached hydrogen (secondary N) is 3. The number of nitrogens with zero attached hydrogens (tertiary/aromatic N) is 2. The second-order valence-electron chi connectivity index (χ2n) is 6.48. The van der Waals surface area contributed by atoms with Crippen molar-refractivity contribution >= 4 is 11.7 Å². The predicted molar refractivity (Wildman–Crippen MR) is 100 cm³/mol. The summed E-state index contributed by atoms with van der Waals surface area (Å²) < 4.78 is 1.98. The van der Waals surface area contributed by atoms with Gasteiger partial charge >= 0.3 is 5.69 Å². The minimum atomic E-state index is -0.441. The highest BCUT2D eigenvalue weighted by molar-refractivity contribution is 5.96. The van der Waals surface area contributed by atoms with Crippen LogP contribution in [0.25, 0.3) is 5.69 Å². The number of carbonyl (C=O) groups is 2. The fourth-order valence-electron chi connectivity index (χ4n) is 3.12. The van der Waals surface area contributed by atoms with E-state index >= 15 is 0 Å². The van der Waals surface area contributed by atoms with Crippen LogP contribution < -0.4 is 11.0 Å². The SMILES string of the molecule is CC(=O)c1cc(C)n(-c2ccc(C(=O)N[C@H](C)c3n[nH]c(=O)[nH]3)cc2)c1C. The molecule has 3 aromatic rings. The van der Waals surface area contributed by atoms with E-state index in [0.717, 1.165) is 17.1 Å². The molecule has 140 valence electrons. The molecule has 0 fully saturated rings. The molecule has 0 spiro atoms. The first-order valence-corrected chi connectivity index (χ1v) is 8.53. The van der Waals surface area contributed by atoms with E-state index in [-0.39, 0.29) is 11.7 Å². The normalized spacial score (nSPS) is 12.0. The summed E-state index contributed by atoms with van der Waals surface area (Å²) in [6.07, 6.45) is 0. The van der Waals surface area contributed by atoms with Gasteiger partial charge in [-0.25, -0.2) is 9.89 Å². The Bertz CT molecular complexity index is 1060. The molecular weight excluding hydrogens is 346 g/mol. The van der Waals surface area contributed by atoms with Crippen LogP contribution in [0.5, 0.6) is 0 Å². The zero-order chi connectivity index (χ0) is 19.7. The zero-order valence-corrected chi connectivity index (χ0v) is 15.6. The average Bonchev–Trinajstić information content (AvgIpc) is 3.18. The number of hydrogen-bond donors (Lipinski definition) is 3. The Balaban J connectivity index is 1.80. The summed E-state index contributed by atoms with van der Waals surface area (Å²) >= 11 is 0. The Hall–Kier alpha value is -3.42. The largest absolute Gasteiger partial charge is 0.342 e. The van der Waals surface area contributed by atoms with Crippen molar-refractivity contribution < 1.29 is 9.59 Å². The molecule has 0 aliphatic carbocycles. The van der Waals surface area contributed by atoms with E-state index in [1.807, 2.05) is 36.6 Å². The lowest BCUT2D eigenvalue weighted by atomic mass is 10.1. The third-order valence-corrected chi connectivity index (χ3v) is 4.48. The summed E-state index contributed by atoms with van der Waals surface area (Å²) in [7, 11) is 0. The zero-order valence-electron chi connectivity index (χ0n) is 15.6. The van der Waals surface area contributed by atoms with Crippen molar-refractivity contribution in [1.29, 1.82) is 0 Å². The van der Waals surface area contributed by atoms with E-state index < -0.39 is 11.7 Å². The van der Waals surface area contributed by atoms with E-state index in [4.69, 9.17) is 0 Å². The fourth-order valence-corrected chi connectivity index (χ4v) is 3.12. The molecule has 1 atom stereocenters. The molecule has 0 unspecified atom stereocenters. The van der Waals surface area contributed by atoms with Crippen LogP contribution in [-0.2, 0) is 0 Å². The summed E-state index contributed by atoms with van der Waals surface area (Å²) in [6, 6.07) is 8.53. The standard InChI is InChI=1S/C19H21N5O3/c1-10-9-16(13(4)25)12(3)24(10)15-7-5-14(6-8-15)18(26)20-11(2)17-21-19(27)23-22-17/h5-9,11H,1-4H3,(H,20,26)(H2,21,22,23,27)/t11-/m1/s1. The molecular formula is C19H21N5O3. The molecule has 3 N–H and O–H groups in total. The number of aromatic nitrogens is 4. The number of H-pyrrole nitrogens is 2. The topological polar surface area (TPSA) is 113 Å². The minimum absolute atomic E-state index is 0.0238. The Morgan fingerprint density at radius 3 is 2.37 bits per heavy atom. The quantitative estimate of drug-likeness (QED) is 0.600. The van der Waals surface area contributed by atoms with Crippen molar-refractivity contribution in [3.05, 3.63) is 69.2 Å². The van der Waals surface area contributed by atoms with Gasteiger partial charge in [0.1, 0.15) is 0 Å². The van der Waals surface area contributed by atoms with E-state index in [0.29, 0.717) is 17.0 Å². The lowest BCUT2D eigenvalue weighted by Crippen LogP contribution is -2.27. The smallest absolute Gasteiger partial charge is 0.340 e. The lowest BCUT2D eigenvalue weighted by Gasteiger charge is -2.13. The number of hydrogen-bond acceptors (Lipinski definition) is 4. The van der Waals surface area contributed by atoms with Crippen LogP contribution in [0, 0.1) is 13.8 Å². The highest BCUT2D eigenvalue weighted by atomic mass is 16.2. The molecule has 0 saturated heterocycles. The number of carbonyl (C=O) groups excluding carboxylic acids is 2. The highest BCUT2D eigenvalue weighted by Gasteiger charge is 2.16. The molecule has 0 radical (unpaired) electrons. The number of aryl methyl sites for hydroxylation is 1. The molecule has 0 bridgehead atoms. The molecule has 2 aromatic heterocycles. The monoisotopic (exact) mass is 367 g/mol. The van der Waals surface area contributed by atoms with Gasteiger partial charge in [-0.15, -0.1) is 0 Å². The van der Waals surface area contributed by atoms with Gasteiger partial charge in [0.25, 0.3) is 5.91 Å². The van der Waals surface area contributed by atoms with Crippen LogP contribution in [0.2, 0.25) is 0 Å². The maximum Gasteiger partial charge on any atom is 0.340 e. The van der Waals surface area contributed by atoms with Gasteiger partial charge in [0, 0.05) is 28.2 Å². The van der Waals surface area contributed by atoms with Crippen LogP contribution in [0.4, 0.5) is 0 Å². The average molecular weight is 367 g/mol.